The molecular weight excluding hydrogens is 701 g/mol. The van der Waals surface area contributed by atoms with Crippen LogP contribution in [0.3, 0.4) is 0 Å². The Morgan fingerprint density at radius 3 is 2.74 bits per heavy atom. The largest absolute Gasteiger partial charge is 0.468 e. The molecule has 0 aliphatic carbocycles. The molecule has 2 fully saturated rings. The van der Waals surface area contributed by atoms with E-state index in [1.165, 1.54) is 19.4 Å². The SMILES string of the molecule is CCc1c(F)ccc2cc(OCOC)cc(-c3ncc4c(N(C)CCNC(=O)OCc5ccccc5)nc(OC[C@@]56CCCN5C[C@H](F)C6)nc4c3F)c12. The number of hydrogen-bond donors (Lipinski definition) is 1. The number of anilines is 1. The molecule has 11 nitrogen and oxygen atoms in total. The Balaban J connectivity index is 1.24. The van der Waals surface area contributed by atoms with E-state index in [2.05, 4.69) is 20.2 Å². The van der Waals surface area contributed by atoms with Gasteiger partial charge >= 0.3 is 12.1 Å². The topological polar surface area (TPSA) is 111 Å². The first kappa shape index (κ1) is 37.1. The molecule has 0 spiro atoms. The smallest absolute Gasteiger partial charge is 0.407 e. The molecule has 54 heavy (non-hydrogen) atoms. The Bertz CT molecular complexity index is 2140. The summed E-state index contributed by atoms with van der Waals surface area (Å²) in [5.41, 5.74) is 0.975. The maximum Gasteiger partial charge on any atom is 0.407 e. The van der Waals surface area contributed by atoms with Crippen LogP contribution in [0.5, 0.6) is 11.8 Å². The number of hydrogen-bond acceptors (Lipinski definition) is 10. The number of alkyl halides is 1. The molecule has 7 rings (SSSR count). The molecule has 1 N–H and O–H groups in total. The van der Waals surface area contributed by atoms with Crippen molar-refractivity contribution in [2.75, 3.05) is 58.6 Å². The fourth-order valence-electron chi connectivity index (χ4n) is 7.65. The minimum Gasteiger partial charge on any atom is -0.468 e. The van der Waals surface area contributed by atoms with Crippen molar-refractivity contribution in [2.45, 2.75) is 50.9 Å². The van der Waals surface area contributed by atoms with Crippen molar-refractivity contribution in [2.24, 2.45) is 0 Å². The van der Waals surface area contributed by atoms with Crippen LogP contribution in [0.1, 0.15) is 37.3 Å². The highest BCUT2D eigenvalue weighted by atomic mass is 19.1. The number of nitrogens with zero attached hydrogens (tertiary/aromatic N) is 5. The van der Waals surface area contributed by atoms with Gasteiger partial charge in [0.15, 0.2) is 12.6 Å². The van der Waals surface area contributed by atoms with Gasteiger partial charge in [-0.3, -0.25) is 9.88 Å². The zero-order chi connectivity index (χ0) is 37.8. The molecule has 2 saturated heterocycles. The van der Waals surface area contributed by atoms with Gasteiger partial charge in [0.05, 0.1) is 10.9 Å². The second kappa shape index (κ2) is 16.0. The zero-order valence-corrected chi connectivity index (χ0v) is 30.5. The molecule has 5 aromatic rings. The number of aromatic nitrogens is 3. The second-order valence-electron chi connectivity index (χ2n) is 13.8. The van der Waals surface area contributed by atoms with Crippen molar-refractivity contribution in [3.8, 4) is 23.0 Å². The van der Waals surface area contributed by atoms with Crippen molar-refractivity contribution in [3.63, 3.8) is 0 Å². The van der Waals surface area contributed by atoms with E-state index in [1.807, 2.05) is 37.3 Å². The van der Waals surface area contributed by atoms with E-state index in [0.717, 1.165) is 24.9 Å². The number of rotatable bonds is 14. The predicted molar refractivity (Wildman–Crippen MR) is 199 cm³/mol. The van der Waals surface area contributed by atoms with Crippen LogP contribution in [-0.2, 0) is 22.5 Å². The zero-order valence-electron chi connectivity index (χ0n) is 30.5. The molecule has 0 bridgehead atoms. The average molecular weight is 745 g/mol. The van der Waals surface area contributed by atoms with Crippen LogP contribution >= 0.6 is 0 Å². The van der Waals surface area contributed by atoms with E-state index < -0.39 is 29.4 Å². The third kappa shape index (κ3) is 7.58. The number of fused-ring (bicyclic) bond motifs is 3. The van der Waals surface area contributed by atoms with Crippen molar-refractivity contribution in [3.05, 3.63) is 83.6 Å². The quantitative estimate of drug-likeness (QED) is 0.120. The molecule has 14 heteroatoms. The first-order valence-corrected chi connectivity index (χ1v) is 18.1. The number of alkyl carbamates (subject to hydrolysis) is 1. The van der Waals surface area contributed by atoms with E-state index in [4.69, 9.17) is 23.9 Å². The number of amides is 1. The van der Waals surface area contributed by atoms with E-state index in [0.29, 0.717) is 58.2 Å². The van der Waals surface area contributed by atoms with Gasteiger partial charge in [0.25, 0.3) is 0 Å². The van der Waals surface area contributed by atoms with Crippen molar-refractivity contribution in [1.29, 1.82) is 0 Å². The van der Waals surface area contributed by atoms with E-state index in [-0.39, 0.29) is 50.3 Å². The van der Waals surface area contributed by atoms with Gasteiger partial charge in [-0.1, -0.05) is 43.3 Å². The van der Waals surface area contributed by atoms with Crippen molar-refractivity contribution < 1.29 is 36.9 Å². The summed E-state index contributed by atoms with van der Waals surface area (Å²) < 4.78 is 69.3. The summed E-state index contributed by atoms with van der Waals surface area (Å²) in [6, 6.07) is 15.6. The summed E-state index contributed by atoms with van der Waals surface area (Å²) in [6.07, 6.45) is 2.32. The number of aryl methyl sites for hydroxylation is 1. The molecule has 2 aliphatic rings. The standard InChI is InChI=1S/C40H43F3N6O5/c1-4-29-32(42)12-11-26-17-28(54-24-51-3)18-30(33(26)29)35-34(43)36-31(20-45-35)37(48(2)16-14-44-39(50)52-22-25-9-6-5-7-10-25)47-38(46-36)53-23-40-13-8-15-49(40)21-27(41)19-40/h5-7,9-12,17-18,20,27H,4,8,13-16,19,21-24H2,1-3H3,(H,44,50)/t27-,40+/m1/s1. The molecule has 4 heterocycles. The summed E-state index contributed by atoms with van der Waals surface area (Å²) in [4.78, 5) is 30.1. The van der Waals surface area contributed by atoms with Gasteiger partial charge < -0.3 is 29.2 Å². The number of methoxy groups -OCH3 is 1. The number of ether oxygens (including phenoxy) is 4. The van der Waals surface area contributed by atoms with Crippen LogP contribution in [0.25, 0.3) is 32.9 Å². The highest BCUT2D eigenvalue weighted by Gasteiger charge is 2.49. The summed E-state index contributed by atoms with van der Waals surface area (Å²) >= 11 is 0. The maximum absolute atomic E-state index is 17.1. The van der Waals surface area contributed by atoms with E-state index in [1.54, 1.807) is 30.1 Å². The third-order valence-electron chi connectivity index (χ3n) is 10.3. The Hall–Kier alpha value is -5.21. The summed E-state index contributed by atoms with van der Waals surface area (Å²) in [5.74, 6) is -0.483. The highest BCUT2D eigenvalue weighted by molar-refractivity contribution is 6.01. The van der Waals surface area contributed by atoms with Crippen molar-refractivity contribution in [1.82, 2.24) is 25.2 Å². The van der Waals surface area contributed by atoms with Crippen LogP contribution in [0.15, 0.2) is 60.8 Å². The molecule has 0 saturated carbocycles. The average Bonchev–Trinajstić information content (AvgIpc) is 3.71. The van der Waals surface area contributed by atoms with Gasteiger partial charge in [0.2, 0.25) is 0 Å². The summed E-state index contributed by atoms with van der Waals surface area (Å²) in [7, 11) is 3.24. The number of likely N-dealkylation sites (N-methyl/N-ethyl adjacent to an activating group) is 1. The number of benzene rings is 3. The van der Waals surface area contributed by atoms with Crippen LogP contribution in [0.4, 0.5) is 23.8 Å². The predicted octanol–water partition coefficient (Wildman–Crippen LogP) is 6.99. The van der Waals surface area contributed by atoms with Gasteiger partial charge in [-0.15, -0.1) is 0 Å². The number of carbonyl (C=O) groups excluding carboxylic acids is 1. The first-order valence-electron chi connectivity index (χ1n) is 18.1. The normalized spacial score (nSPS) is 18.2. The number of nitrogens with one attached hydrogen (secondary N) is 1. The van der Waals surface area contributed by atoms with Gasteiger partial charge in [0, 0.05) is 52.0 Å². The molecular formula is C40H43F3N6O5. The highest BCUT2D eigenvalue weighted by Crippen LogP contribution is 2.42. The second-order valence-corrected chi connectivity index (χ2v) is 13.8. The molecule has 2 aromatic heterocycles. The summed E-state index contributed by atoms with van der Waals surface area (Å²) in [5, 5.41) is 4.18. The van der Waals surface area contributed by atoms with Gasteiger partial charge in [-0.05, 0) is 65.9 Å². The molecule has 1 amide bonds. The molecule has 3 aromatic carbocycles. The lowest BCUT2D eigenvalue weighted by atomic mass is 9.94. The van der Waals surface area contributed by atoms with E-state index >= 15 is 8.78 Å². The number of halogens is 3. The first-order chi connectivity index (χ1) is 26.2. The fraction of sp³-hybridized carbons (Fsp3) is 0.400. The van der Waals surface area contributed by atoms with Crippen molar-refractivity contribution >= 4 is 33.6 Å². The minimum atomic E-state index is -0.956. The Kier molecular flexibility index (Phi) is 11.0. The number of carbonyl (C=O) groups is 1. The van der Waals surface area contributed by atoms with Crippen LogP contribution in [-0.4, -0.2) is 91.4 Å². The monoisotopic (exact) mass is 744 g/mol. The fourth-order valence-corrected chi connectivity index (χ4v) is 7.65. The van der Waals surface area contributed by atoms with Gasteiger partial charge in [-0.25, -0.2) is 18.0 Å². The van der Waals surface area contributed by atoms with Gasteiger partial charge in [0.1, 0.15) is 48.0 Å². The molecule has 0 unspecified atom stereocenters. The van der Waals surface area contributed by atoms with Crippen LogP contribution < -0.4 is 19.7 Å². The maximum atomic E-state index is 17.1. The third-order valence-corrected chi connectivity index (χ3v) is 10.3. The molecule has 284 valence electrons. The summed E-state index contributed by atoms with van der Waals surface area (Å²) in [6.45, 7) is 3.62. The Morgan fingerprint density at radius 2 is 1.94 bits per heavy atom. The van der Waals surface area contributed by atoms with Gasteiger partial charge in [-0.2, -0.15) is 9.97 Å². The molecule has 0 radical (unpaired) electrons. The lowest BCUT2D eigenvalue weighted by Gasteiger charge is -2.31. The van der Waals surface area contributed by atoms with Crippen LogP contribution in [0.2, 0.25) is 0 Å². The molecule has 2 aliphatic heterocycles. The Labute approximate surface area is 311 Å². The van der Waals surface area contributed by atoms with Crippen LogP contribution in [0, 0.1) is 11.6 Å². The lowest BCUT2D eigenvalue weighted by Crippen LogP contribution is -2.43. The minimum absolute atomic E-state index is 0.0499. The number of pyridine rings is 1. The Morgan fingerprint density at radius 1 is 1.11 bits per heavy atom. The van der Waals surface area contributed by atoms with E-state index in [9.17, 15) is 9.18 Å². The molecule has 2 atom stereocenters. The lowest BCUT2D eigenvalue weighted by molar-refractivity contribution is 0.0512.